The number of anilines is 2. The Morgan fingerprint density at radius 1 is 0.895 bits per heavy atom. The maximum atomic E-state index is 13.6. The number of amides is 1. The van der Waals surface area contributed by atoms with E-state index < -0.39 is 22.5 Å². The highest BCUT2D eigenvalue weighted by Crippen LogP contribution is 2.31. The molecule has 0 saturated carbocycles. The molecule has 0 aliphatic carbocycles. The molecule has 196 valence electrons. The maximum absolute atomic E-state index is 13.6. The molecule has 0 unspecified atom stereocenters. The molecule has 0 heterocycles. The van der Waals surface area contributed by atoms with E-state index in [1.54, 1.807) is 60.3 Å². The van der Waals surface area contributed by atoms with Gasteiger partial charge >= 0.3 is 0 Å². The molecule has 4 aromatic rings. The largest absolute Gasteiger partial charge is 0.494 e. The van der Waals surface area contributed by atoms with E-state index in [-0.39, 0.29) is 4.90 Å². The van der Waals surface area contributed by atoms with Crippen LogP contribution >= 0.6 is 23.4 Å². The standard InChI is InChI=1S/C29H27ClN2O4S2/c1-2-36-25-16-18-26(19-17-25)38(34,35)32(24-8-4-3-5-9-24)20-29(33)31-27-10-6-7-11-28(27)37-21-22-12-14-23(30)15-13-22/h3-19H,2,20-21H2,1H3,(H,31,33). The number of nitrogens with one attached hydrogen (secondary N) is 1. The van der Waals surface area contributed by atoms with Gasteiger partial charge in [-0.25, -0.2) is 8.42 Å². The number of sulfonamides is 1. The van der Waals surface area contributed by atoms with E-state index in [0.717, 1.165) is 14.8 Å². The number of nitrogens with zero attached hydrogens (tertiary/aromatic N) is 1. The Kier molecular flexibility index (Phi) is 9.33. The first-order valence-corrected chi connectivity index (χ1v) is 14.7. The molecule has 0 spiro atoms. The Balaban J connectivity index is 1.53. The Labute approximate surface area is 232 Å². The Bertz CT molecular complexity index is 1460. The molecule has 0 fully saturated rings. The molecule has 0 bridgehead atoms. The Morgan fingerprint density at radius 3 is 2.24 bits per heavy atom. The van der Waals surface area contributed by atoms with E-state index in [1.165, 1.54) is 12.1 Å². The summed E-state index contributed by atoms with van der Waals surface area (Å²) in [6, 6.07) is 29.8. The Hall–Kier alpha value is -3.46. The first kappa shape index (κ1) is 27.6. The second-order valence-corrected chi connectivity index (χ2v) is 11.5. The number of carbonyl (C=O) groups excluding carboxylic acids is 1. The van der Waals surface area contributed by atoms with Crippen LogP contribution in [0.4, 0.5) is 11.4 Å². The highest BCUT2D eigenvalue weighted by Gasteiger charge is 2.27. The second kappa shape index (κ2) is 12.9. The summed E-state index contributed by atoms with van der Waals surface area (Å²) in [5.74, 6) is 0.804. The molecule has 1 amide bonds. The van der Waals surface area contributed by atoms with Crippen LogP contribution in [0.2, 0.25) is 5.02 Å². The SMILES string of the molecule is CCOc1ccc(S(=O)(=O)N(CC(=O)Nc2ccccc2SCc2ccc(Cl)cc2)c2ccccc2)cc1. The lowest BCUT2D eigenvalue weighted by Gasteiger charge is -2.24. The van der Waals surface area contributed by atoms with Gasteiger partial charge < -0.3 is 10.1 Å². The molecule has 6 nitrogen and oxygen atoms in total. The van der Waals surface area contributed by atoms with Crippen molar-refractivity contribution in [3.63, 3.8) is 0 Å². The van der Waals surface area contributed by atoms with Crippen molar-refractivity contribution in [3.8, 4) is 5.75 Å². The van der Waals surface area contributed by atoms with Crippen molar-refractivity contribution in [3.05, 3.63) is 114 Å². The van der Waals surface area contributed by atoms with Crippen LogP contribution in [0, 0.1) is 0 Å². The molecule has 4 rings (SSSR count). The number of thioether (sulfide) groups is 1. The number of rotatable bonds is 11. The van der Waals surface area contributed by atoms with E-state index in [4.69, 9.17) is 16.3 Å². The molecule has 0 aromatic heterocycles. The quantitative estimate of drug-likeness (QED) is 0.201. The summed E-state index contributed by atoms with van der Waals surface area (Å²) < 4.78 is 33.8. The van der Waals surface area contributed by atoms with E-state index in [2.05, 4.69) is 5.32 Å². The van der Waals surface area contributed by atoms with E-state index in [0.29, 0.717) is 34.5 Å². The van der Waals surface area contributed by atoms with Crippen LogP contribution in [0.1, 0.15) is 12.5 Å². The summed E-state index contributed by atoms with van der Waals surface area (Å²) in [7, 11) is -4.03. The van der Waals surface area contributed by atoms with Gasteiger partial charge in [-0.05, 0) is 73.2 Å². The monoisotopic (exact) mass is 566 g/mol. The predicted octanol–water partition coefficient (Wildman–Crippen LogP) is 6.87. The van der Waals surface area contributed by atoms with Crippen molar-refractivity contribution in [2.24, 2.45) is 0 Å². The molecule has 38 heavy (non-hydrogen) atoms. The third-order valence-electron chi connectivity index (χ3n) is 5.52. The predicted molar refractivity (Wildman–Crippen MR) is 155 cm³/mol. The molecule has 0 aliphatic heterocycles. The fraction of sp³-hybridized carbons (Fsp3) is 0.138. The highest BCUT2D eigenvalue weighted by molar-refractivity contribution is 7.98. The highest BCUT2D eigenvalue weighted by atomic mass is 35.5. The van der Waals surface area contributed by atoms with Crippen LogP contribution in [0.3, 0.4) is 0 Å². The Morgan fingerprint density at radius 2 is 1.55 bits per heavy atom. The second-order valence-electron chi connectivity index (χ2n) is 8.21. The summed E-state index contributed by atoms with van der Waals surface area (Å²) in [4.78, 5) is 14.2. The fourth-order valence-corrected chi connectivity index (χ4v) is 6.18. The van der Waals surface area contributed by atoms with Gasteiger partial charge in [0.25, 0.3) is 10.0 Å². The molecular weight excluding hydrogens is 540 g/mol. The van der Waals surface area contributed by atoms with Gasteiger partial charge in [-0.2, -0.15) is 0 Å². The molecule has 0 radical (unpaired) electrons. The van der Waals surface area contributed by atoms with Gasteiger partial charge in [0.15, 0.2) is 0 Å². The van der Waals surface area contributed by atoms with Crippen LogP contribution in [0.25, 0.3) is 0 Å². The minimum absolute atomic E-state index is 0.0662. The van der Waals surface area contributed by atoms with Crippen molar-refractivity contribution in [2.45, 2.75) is 22.5 Å². The normalized spacial score (nSPS) is 11.1. The zero-order valence-electron chi connectivity index (χ0n) is 20.7. The first-order chi connectivity index (χ1) is 18.4. The van der Waals surface area contributed by atoms with Crippen molar-refractivity contribution in [1.82, 2.24) is 0 Å². The van der Waals surface area contributed by atoms with Gasteiger partial charge in [0.1, 0.15) is 12.3 Å². The van der Waals surface area contributed by atoms with Crippen LogP contribution in [-0.2, 0) is 20.6 Å². The number of benzene rings is 4. The summed E-state index contributed by atoms with van der Waals surface area (Å²) in [5, 5.41) is 3.57. The lowest BCUT2D eigenvalue weighted by Crippen LogP contribution is -2.38. The third-order valence-corrected chi connectivity index (χ3v) is 8.71. The average molecular weight is 567 g/mol. The van der Waals surface area contributed by atoms with Crippen LogP contribution in [0.15, 0.2) is 113 Å². The lowest BCUT2D eigenvalue weighted by molar-refractivity contribution is -0.114. The van der Waals surface area contributed by atoms with Crippen LogP contribution in [-0.4, -0.2) is 27.5 Å². The smallest absolute Gasteiger partial charge is 0.264 e. The van der Waals surface area contributed by atoms with E-state index in [9.17, 15) is 13.2 Å². The third kappa shape index (κ3) is 7.10. The van der Waals surface area contributed by atoms with Crippen LogP contribution < -0.4 is 14.4 Å². The zero-order chi connectivity index (χ0) is 27.0. The lowest BCUT2D eigenvalue weighted by atomic mass is 10.2. The van der Waals surface area contributed by atoms with Crippen molar-refractivity contribution in [1.29, 1.82) is 0 Å². The van der Waals surface area contributed by atoms with Gasteiger partial charge in [0.2, 0.25) is 5.91 Å². The number of hydrogen-bond acceptors (Lipinski definition) is 5. The molecule has 4 aromatic carbocycles. The van der Waals surface area contributed by atoms with Gasteiger partial charge in [0.05, 0.1) is 22.9 Å². The minimum atomic E-state index is -4.03. The van der Waals surface area contributed by atoms with Gasteiger partial charge in [-0.15, -0.1) is 11.8 Å². The number of carbonyl (C=O) groups is 1. The van der Waals surface area contributed by atoms with Crippen molar-refractivity contribution >= 4 is 50.7 Å². The molecule has 0 atom stereocenters. The molecule has 1 N–H and O–H groups in total. The molecule has 9 heteroatoms. The van der Waals surface area contributed by atoms with Crippen molar-refractivity contribution in [2.75, 3.05) is 22.8 Å². The minimum Gasteiger partial charge on any atom is -0.494 e. The summed E-state index contributed by atoms with van der Waals surface area (Å²) in [5.41, 5.74) is 2.10. The topological polar surface area (TPSA) is 75.7 Å². The number of hydrogen-bond donors (Lipinski definition) is 1. The van der Waals surface area contributed by atoms with Crippen LogP contribution in [0.5, 0.6) is 5.75 Å². The molecule has 0 saturated heterocycles. The number of para-hydroxylation sites is 2. The summed E-state index contributed by atoms with van der Waals surface area (Å²) in [6.45, 7) is 1.94. The summed E-state index contributed by atoms with van der Waals surface area (Å²) >= 11 is 7.55. The van der Waals surface area contributed by atoms with Gasteiger partial charge in [-0.3, -0.25) is 9.10 Å². The maximum Gasteiger partial charge on any atom is 0.264 e. The van der Waals surface area contributed by atoms with E-state index in [1.807, 2.05) is 49.4 Å². The fourth-order valence-electron chi connectivity index (χ4n) is 3.67. The number of halogens is 1. The number of ether oxygens (including phenoxy) is 1. The van der Waals surface area contributed by atoms with Gasteiger partial charge in [0, 0.05) is 15.7 Å². The zero-order valence-corrected chi connectivity index (χ0v) is 23.1. The summed E-state index contributed by atoms with van der Waals surface area (Å²) in [6.07, 6.45) is 0. The first-order valence-electron chi connectivity index (χ1n) is 11.9. The molecule has 0 aliphatic rings. The average Bonchev–Trinajstić information content (AvgIpc) is 2.93. The molecular formula is C29H27ClN2O4S2. The van der Waals surface area contributed by atoms with Crippen molar-refractivity contribution < 1.29 is 17.9 Å². The van der Waals surface area contributed by atoms with E-state index >= 15 is 0 Å². The van der Waals surface area contributed by atoms with Gasteiger partial charge in [-0.1, -0.05) is 54.1 Å².